The minimum absolute atomic E-state index is 0.124. The molecule has 4 saturated carbocycles. The second-order valence-corrected chi connectivity index (χ2v) is 11.3. The Bertz CT molecular complexity index is 754. The Kier molecular flexibility index (Phi) is 5.60. The second kappa shape index (κ2) is 7.67. The maximum atomic E-state index is 11.6. The van der Waals surface area contributed by atoms with Gasteiger partial charge >= 0.3 is 11.9 Å². The molecular weight excluding hydrogens is 376 g/mol. The van der Waals surface area contributed by atoms with E-state index in [4.69, 9.17) is 9.47 Å². The molecule has 8 atom stereocenters. The molecule has 4 fully saturated rings. The highest BCUT2D eigenvalue weighted by Crippen LogP contribution is 2.68. The van der Waals surface area contributed by atoms with Gasteiger partial charge in [0.1, 0.15) is 11.9 Å². The molecule has 0 aromatic rings. The molecule has 0 N–H and O–H groups in total. The van der Waals surface area contributed by atoms with E-state index in [1.807, 2.05) is 6.92 Å². The van der Waals surface area contributed by atoms with Gasteiger partial charge in [-0.2, -0.15) is 0 Å². The van der Waals surface area contributed by atoms with Crippen LogP contribution in [0.1, 0.15) is 92.9 Å². The molecule has 0 heterocycles. The first-order valence-electron chi connectivity index (χ1n) is 12.1. The monoisotopic (exact) mass is 416 g/mol. The maximum Gasteiger partial charge on any atom is 0.307 e. The Balaban J connectivity index is 1.58. The Labute approximate surface area is 182 Å². The highest BCUT2D eigenvalue weighted by Gasteiger charge is 2.60. The van der Waals surface area contributed by atoms with Crippen LogP contribution in [0.15, 0.2) is 11.3 Å². The molecule has 0 aromatic carbocycles. The summed E-state index contributed by atoms with van der Waals surface area (Å²) in [6.45, 7) is 12.4. The lowest BCUT2D eigenvalue weighted by atomic mass is 9.45. The van der Waals surface area contributed by atoms with Crippen LogP contribution in [0, 0.1) is 40.4 Å². The van der Waals surface area contributed by atoms with E-state index in [0.717, 1.165) is 30.4 Å². The maximum absolute atomic E-state index is 11.6. The fourth-order valence-corrected chi connectivity index (χ4v) is 8.73. The molecule has 0 aliphatic heterocycles. The Morgan fingerprint density at radius 2 is 1.63 bits per heavy atom. The van der Waals surface area contributed by atoms with E-state index < -0.39 is 0 Å². The quantitative estimate of drug-likeness (QED) is 0.406. The second-order valence-electron chi connectivity index (χ2n) is 11.3. The molecule has 4 aliphatic carbocycles. The van der Waals surface area contributed by atoms with Gasteiger partial charge in [0.2, 0.25) is 0 Å². The van der Waals surface area contributed by atoms with Gasteiger partial charge in [-0.1, -0.05) is 20.8 Å². The summed E-state index contributed by atoms with van der Waals surface area (Å²) in [7, 11) is 0. The molecule has 0 spiro atoms. The fourth-order valence-electron chi connectivity index (χ4n) is 8.73. The summed E-state index contributed by atoms with van der Waals surface area (Å²) in [4.78, 5) is 23.1. The van der Waals surface area contributed by atoms with Crippen LogP contribution in [0.5, 0.6) is 0 Å². The highest BCUT2D eigenvalue weighted by molar-refractivity contribution is 5.67. The van der Waals surface area contributed by atoms with E-state index in [0.29, 0.717) is 23.2 Å². The summed E-state index contributed by atoms with van der Waals surface area (Å²) in [5.74, 6) is 3.92. The molecule has 0 saturated heterocycles. The van der Waals surface area contributed by atoms with Gasteiger partial charge in [-0.15, -0.1) is 0 Å². The van der Waals surface area contributed by atoms with Crippen molar-refractivity contribution in [1.29, 1.82) is 0 Å². The summed E-state index contributed by atoms with van der Waals surface area (Å²) in [6, 6.07) is 0. The topological polar surface area (TPSA) is 52.6 Å². The zero-order valence-corrected chi connectivity index (χ0v) is 19.8. The van der Waals surface area contributed by atoms with E-state index in [1.54, 1.807) is 0 Å². The largest absolute Gasteiger partial charge is 0.463 e. The van der Waals surface area contributed by atoms with Gasteiger partial charge in [0.15, 0.2) is 0 Å². The van der Waals surface area contributed by atoms with Crippen molar-refractivity contribution in [2.24, 2.45) is 40.4 Å². The van der Waals surface area contributed by atoms with Crippen LogP contribution in [-0.2, 0) is 19.1 Å². The number of carbonyl (C=O) groups is 2. The standard InChI is InChI=1S/C26H40O4/c1-15-13-23-21-8-7-19-14-20(30-18(4)28)9-11-25(19,5)22(21)10-12-26(23,6)24(15)16(2)29-17(3)27/h15,19-23H,7-14H2,1-6H3/b24-16+/t15-,19+,20+,21-,22+,23+,25+,26+/m1/s1. The molecule has 4 nitrogen and oxygen atoms in total. The van der Waals surface area contributed by atoms with E-state index in [9.17, 15) is 9.59 Å². The van der Waals surface area contributed by atoms with Crippen LogP contribution in [0.4, 0.5) is 0 Å². The van der Waals surface area contributed by atoms with Crippen LogP contribution >= 0.6 is 0 Å². The van der Waals surface area contributed by atoms with Crippen LogP contribution in [-0.4, -0.2) is 18.0 Å². The SMILES string of the molecule is CC(=O)O/C(C)=C1\[C@H](C)C[C@H]2[C@@H]3CC[C@H]4C[C@@H](OC(C)=O)CC[C@]4(C)[C@H]3CC[C@]12C. The molecule has 168 valence electrons. The molecule has 0 bridgehead atoms. The van der Waals surface area contributed by atoms with E-state index >= 15 is 0 Å². The molecule has 30 heavy (non-hydrogen) atoms. The lowest BCUT2D eigenvalue weighted by Gasteiger charge is -2.60. The number of carbonyl (C=O) groups excluding carboxylic acids is 2. The number of ether oxygens (including phenoxy) is 2. The first-order chi connectivity index (χ1) is 14.1. The summed E-state index contributed by atoms with van der Waals surface area (Å²) in [5.41, 5.74) is 1.95. The third-order valence-corrected chi connectivity index (χ3v) is 9.73. The molecule has 4 heteroatoms. The molecule has 0 radical (unpaired) electrons. The van der Waals surface area contributed by atoms with Crippen molar-refractivity contribution in [3.8, 4) is 0 Å². The van der Waals surface area contributed by atoms with Crippen molar-refractivity contribution < 1.29 is 19.1 Å². The first kappa shape index (κ1) is 21.9. The van der Waals surface area contributed by atoms with Crippen molar-refractivity contribution in [2.75, 3.05) is 0 Å². The zero-order valence-electron chi connectivity index (χ0n) is 19.8. The van der Waals surface area contributed by atoms with Crippen LogP contribution in [0.2, 0.25) is 0 Å². The molecule has 4 aliphatic rings. The molecule has 0 unspecified atom stereocenters. The third-order valence-electron chi connectivity index (χ3n) is 9.73. The molecule has 4 rings (SSSR count). The first-order valence-corrected chi connectivity index (χ1v) is 12.1. The summed E-state index contributed by atoms with van der Waals surface area (Å²) in [5, 5.41) is 0. The van der Waals surface area contributed by atoms with Crippen molar-refractivity contribution in [1.82, 2.24) is 0 Å². The smallest absolute Gasteiger partial charge is 0.307 e. The normalized spacial score (nSPS) is 46.9. The van der Waals surface area contributed by atoms with Gasteiger partial charge < -0.3 is 9.47 Å². The molecule has 0 amide bonds. The van der Waals surface area contributed by atoms with Crippen molar-refractivity contribution in [2.45, 2.75) is 99.0 Å². The zero-order chi connectivity index (χ0) is 21.8. The number of hydrogen-bond donors (Lipinski definition) is 0. The Morgan fingerprint density at radius 1 is 0.900 bits per heavy atom. The van der Waals surface area contributed by atoms with Gasteiger partial charge in [-0.05, 0) is 104 Å². The average Bonchev–Trinajstić information content (AvgIpc) is 2.91. The minimum atomic E-state index is -0.203. The number of allylic oxidation sites excluding steroid dienone is 2. The highest BCUT2D eigenvalue weighted by atomic mass is 16.5. The molecular formula is C26H40O4. The minimum Gasteiger partial charge on any atom is -0.463 e. The Hall–Kier alpha value is -1.32. The summed E-state index contributed by atoms with van der Waals surface area (Å²) in [6.07, 6.45) is 9.63. The predicted octanol–water partition coefficient (Wildman–Crippen LogP) is 6.04. The Morgan fingerprint density at radius 3 is 2.30 bits per heavy atom. The number of hydrogen-bond acceptors (Lipinski definition) is 4. The lowest BCUT2D eigenvalue weighted by Crippen LogP contribution is -2.53. The number of fused-ring (bicyclic) bond motifs is 5. The third kappa shape index (κ3) is 3.42. The van der Waals surface area contributed by atoms with Crippen LogP contribution < -0.4 is 0 Å². The van der Waals surface area contributed by atoms with Gasteiger partial charge in [-0.25, -0.2) is 0 Å². The average molecular weight is 417 g/mol. The van der Waals surface area contributed by atoms with Crippen LogP contribution in [0.25, 0.3) is 0 Å². The van der Waals surface area contributed by atoms with Crippen molar-refractivity contribution in [3.63, 3.8) is 0 Å². The lowest BCUT2D eigenvalue weighted by molar-refractivity contribution is -0.158. The summed E-state index contributed by atoms with van der Waals surface area (Å²) < 4.78 is 11.2. The number of rotatable bonds is 2. The van der Waals surface area contributed by atoms with Crippen LogP contribution in [0.3, 0.4) is 0 Å². The number of esters is 2. The van der Waals surface area contributed by atoms with Gasteiger partial charge in [0.05, 0.1) is 0 Å². The van der Waals surface area contributed by atoms with E-state index in [1.165, 1.54) is 57.9 Å². The van der Waals surface area contributed by atoms with Gasteiger partial charge in [-0.3, -0.25) is 9.59 Å². The van der Waals surface area contributed by atoms with Crippen molar-refractivity contribution in [3.05, 3.63) is 11.3 Å². The fraction of sp³-hybridized carbons (Fsp3) is 0.846. The van der Waals surface area contributed by atoms with Gasteiger partial charge in [0.25, 0.3) is 0 Å². The summed E-state index contributed by atoms with van der Waals surface area (Å²) >= 11 is 0. The molecule has 0 aromatic heterocycles. The van der Waals surface area contributed by atoms with Crippen molar-refractivity contribution >= 4 is 11.9 Å². The van der Waals surface area contributed by atoms with Gasteiger partial charge in [0, 0.05) is 13.8 Å². The predicted molar refractivity (Wildman–Crippen MR) is 116 cm³/mol. The van der Waals surface area contributed by atoms with E-state index in [-0.39, 0.29) is 23.5 Å². The van der Waals surface area contributed by atoms with E-state index in [2.05, 4.69) is 20.8 Å².